The summed E-state index contributed by atoms with van der Waals surface area (Å²) in [6.07, 6.45) is 0.136. The highest BCUT2D eigenvalue weighted by atomic mass is 32.3. The number of thioether (sulfide) groups is 1. The second kappa shape index (κ2) is 13.2. The van der Waals surface area contributed by atoms with E-state index in [1.807, 2.05) is 0 Å². The third-order valence-corrected chi connectivity index (χ3v) is 6.46. The molecule has 0 radical (unpaired) electrons. The van der Waals surface area contributed by atoms with Gasteiger partial charge in [-0.15, -0.1) is 0 Å². The van der Waals surface area contributed by atoms with Crippen LogP contribution in [-0.4, -0.2) is 91.1 Å². The lowest BCUT2D eigenvalue weighted by atomic mass is 10.0. The molecule has 6 atom stereocenters. The van der Waals surface area contributed by atoms with Crippen molar-refractivity contribution >= 4 is 38.0 Å². The van der Waals surface area contributed by atoms with Crippen molar-refractivity contribution in [3.05, 3.63) is 0 Å². The summed E-state index contributed by atoms with van der Waals surface area (Å²) in [6, 6.07) is 0. The maximum atomic E-state index is 11.0. The van der Waals surface area contributed by atoms with Gasteiger partial charge in [-0.05, 0) is 19.3 Å². The Bertz CT molecular complexity index is 642. The zero-order valence-electron chi connectivity index (χ0n) is 16.0. The molecule has 5 N–H and O–H groups in total. The smallest absolute Gasteiger partial charge is 0.394 e. The maximum Gasteiger partial charge on any atom is 0.466 e. The second-order valence-electron chi connectivity index (χ2n) is 6.60. The first-order chi connectivity index (χ1) is 13.5. The van der Waals surface area contributed by atoms with Crippen LogP contribution < -0.4 is 0 Å². The molecule has 0 aromatic carbocycles. The van der Waals surface area contributed by atoms with Gasteiger partial charge >= 0.3 is 10.4 Å². The van der Waals surface area contributed by atoms with Crippen molar-refractivity contribution in [2.75, 3.05) is 18.6 Å². The van der Waals surface area contributed by atoms with E-state index in [0.29, 0.717) is 12.2 Å². The van der Waals surface area contributed by atoms with Gasteiger partial charge in [0.15, 0.2) is 0 Å². The topological polar surface area (TPSA) is 183 Å². The molecule has 0 unspecified atom stereocenters. The summed E-state index contributed by atoms with van der Waals surface area (Å²) in [5, 5.41) is 42.4. The molecule has 0 aromatic rings. The van der Waals surface area contributed by atoms with Gasteiger partial charge < -0.3 is 25.2 Å². The van der Waals surface area contributed by atoms with Gasteiger partial charge in [-0.25, -0.2) is 4.28 Å². The standard InChI is InChI=1S/C15H29NO10S3/c1-28(21)8-6-4-2-3-5-7-11(16-26-29(22,23)24)27-15-14(20)13(19)12(18)10(9-17)25-15/h10,12-15,17-20H,2-9H2,1H3,(H,22,23,24)/b16-11-/t10-,12-,13+,14-,15+,28-/m1/s1. The molecule has 172 valence electrons. The second-order valence-corrected chi connectivity index (χ2v) is 10.3. The number of hydrogen-bond acceptors (Lipinski definition) is 11. The van der Waals surface area contributed by atoms with Gasteiger partial charge in [0.2, 0.25) is 0 Å². The van der Waals surface area contributed by atoms with Crippen LogP contribution in [0.15, 0.2) is 5.16 Å². The number of nitrogens with zero attached hydrogens (tertiary/aromatic N) is 1. The molecular formula is C15H29NO10S3. The number of oxime groups is 1. The number of aliphatic hydroxyl groups excluding tert-OH is 4. The summed E-state index contributed by atoms with van der Waals surface area (Å²) in [4.78, 5) is 0. The molecule has 11 nitrogen and oxygen atoms in total. The summed E-state index contributed by atoms with van der Waals surface area (Å²) in [5.74, 6) is 0.641. The summed E-state index contributed by atoms with van der Waals surface area (Å²) < 4.78 is 50.7. The van der Waals surface area contributed by atoms with Crippen molar-refractivity contribution in [1.82, 2.24) is 0 Å². The molecule has 1 aliphatic rings. The molecule has 1 rings (SSSR count). The minimum absolute atomic E-state index is 0.0848. The third kappa shape index (κ3) is 10.5. The van der Waals surface area contributed by atoms with Crippen LogP contribution in [0.5, 0.6) is 0 Å². The highest BCUT2D eigenvalue weighted by Crippen LogP contribution is 2.30. The third-order valence-electron chi connectivity index (χ3n) is 4.16. The Morgan fingerprint density at radius 2 is 1.72 bits per heavy atom. The monoisotopic (exact) mass is 479 g/mol. The first kappa shape index (κ1) is 26.7. The molecule has 0 aliphatic carbocycles. The van der Waals surface area contributed by atoms with Gasteiger partial charge in [0, 0.05) is 22.8 Å². The number of aliphatic hydroxyl groups is 4. The number of rotatable bonds is 12. The van der Waals surface area contributed by atoms with Gasteiger partial charge in [-0.1, -0.05) is 36.2 Å². The fourth-order valence-corrected chi connectivity index (χ4v) is 4.58. The molecule has 0 aromatic heterocycles. The quantitative estimate of drug-likeness (QED) is 0.0789. The first-order valence-electron chi connectivity index (χ1n) is 9.05. The molecule has 1 saturated heterocycles. The summed E-state index contributed by atoms with van der Waals surface area (Å²) in [6.45, 7) is -0.599. The number of unbranched alkanes of at least 4 members (excludes halogenated alkanes) is 4. The van der Waals surface area contributed by atoms with E-state index in [9.17, 15) is 33.1 Å². The van der Waals surface area contributed by atoms with Crippen molar-refractivity contribution in [3.8, 4) is 0 Å². The molecule has 29 heavy (non-hydrogen) atoms. The minimum Gasteiger partial charge on any atom is -0.394 e. The Balaban J connectivity index is 2.64. The minimum atomic E-state index is -4.82. The van der Waals surface area contributed by atoms with Crippen LogP contribution in [0.1, 0.15) is 38.5 Å². The Morgan fingerprint density at radius 1 is 1.10 bits per heavy atom. The summed E-state index contributed by atoms with van der Waals surface area (Å²) >= 11 is 0.766. The van der Waals surface area contributed by atoms with Crippen molar-refractivity contribution in [3.63, 3.8) is 0 Å². The lowest BCUT2D eigenvalue weighted by Gasteiger charge is -2.39. The van der Waals surface area contributed by atoms with Crippen LogP contribution in [0.25, 0.3) is 0 Å². The van der Waals surface area contributed by atoms with E-state index in [0.717, 1.165) is 37.4 Å². The molecule has 1 fully saturated rings. The average Bonchev–Trinajstić information content (AvgIpc) is 2.64. The van der Waals surface area contributed by atoms with E-state index in [4.69, 9.17) is 9.29 Å². The summed E-state index contributed by atoms with van der Waals surface area (Å²) in [7, 11) is -5.64. The predicted molar refractivity (Wildman–Crippen MR) is 108 cm³/mol. The molecule has 0 amide bonds. The summed E-state index contributed by atoms with van der Waals surface area (Å²) in [5.41, 5.74) is -1.14. The number of hydrogen-bond donors (Lipinski definition) is 5. The lowest BCUT2D eigenvalue weighted by molar-refractivity contribution is -0.205. The van der Waals surface area contributed by atoms with Gasteiger partial charge in [-0.2, -0.15) is 8.42 Å². The van der Waals surface area contributed by atoms with E-state index in [2.05, 4.69) is 9.44 Å². The van der Waals surface area contributed by atoms with Crippen LogP contribution in [0.2, 0.25) is 0 Å². The number of ether oxygens (including phenoxy) is 1. The average molecular weight is 480 g/mol. The van der Waals surface area contributed by atoms with Crippen LogP contribution in [0, 0.1) is 0 Å². The van der Waals surface area contributed by atoms with E-state index >= 15 is 0 Å². The highest BCUT2D eigenvalue weighted by Gasteiger charge is 2.44. The van der Waals surface area contributed by atoms with Crippen molar-refractivity contribution in [1.29, 1.82) is 0 Å². The fourth-order valence-electron chi connectivity index (χ4n) is 2.63. The van der Waals surface area contributed by atoms with Gasteiger partial charge in [-0.3, -0.25) is 8.76 Å². The van der Waals surface area contributed by atoms with Crippen molar-refractivity contribution in [2.45, 2.75) is 68.4 Å². The molecule has 1 aliphatic heterocycles. The van der Waals surface area contributed by atoms with E-state index in [1.54, 1.807) is 6.26 Å². The van der Waals surface area contributed by atoms with Crippen LogP contribution in [-0.2, 0) is 30.2 Å². The molecule has 0 spiro atoms. The Kier molecular flexibility index (Phi) is 12.1. The zero-order chi connectivity index (χ0) is 22.0. The molecule has 14 heteroatoms. The Labute approximate surface area is 176 Å². The van der Waals surface area contributed by atoms with E-state index < -0.39 is 57.7 Å². The highest BCUT2D eigenvalue weighted by molar-refractivity contribution is 8.14. The molecule has 0 saturated carbocycles. The normalized spacial score (nSPS) is 29.6. The fraction of sp³-hybridized carbons (Fsp3) is 0.933. The van der Waals surface area contributed by atoms with Gasteiger partial charge in [0.1, 0.15) is 34.9 Å². The molecule has 0 bridgehead atoms. The largest absolute Gasteiger partial charge is 0.466 e. The van der Waals surface area contributed by atoms with Gasteiger partial charge in [0.25, 0.3) is 0 Å². The first-order valence-corrected chi connectivity index (χ1v) is 13.0. The predicted octanol–water partition coefficient (Wildman–Crippen LogP) is -0.628. The van der Waals surface area contributed by atoms with Crippen LogP contribution in [0.4, 0.5) is 0 Å². The maximum absolute atomic E-state index is 11.0. The van der Waals surface area contributed by atoms with E-state index in [-0.39, 0.29) is 11.5 Å². The Hall–Kier alpha value is -0.320. The lowest BCUT2D eigenvalue weighted by Crippen LogP contribution is -2.57. The molecular weight excluding hydrogens is 450 g/mol. The van der Waals surface area contributed by atoms with Crippen LogP contribution in [0.3, 0.4) is 0 Å². The van der Waals surface area contributed by atoms with Crippen LogP contribution >= 0.6 is 11.8 Å². The van der Waals surface area contributed by atoms with Gasteiger partial charge in [0.05, 0.1) is 6.61 Å². The molecule has 1 heterocycles. The van der Waals surface area contributed by atoms with Crippen molar-refractivity contribution < 1.29 is 46.6 Å². The van der Waals surface area contributed by atoms with Crippen molar-refractivity contribution in [2.24, 2.45) is 5.16 Å². The Morgan fingerprint density at radius 3 is 2.31 bits per heavy atom. The SMILES string of the molecule is C[S@@](=O)CCCCCCC/C(=N/OS(=O)(=O)O)S[C@@H]1O[C@H](CO)[C@@H](O)[C@H](O)[C@H]1O. The zero-order valence-corrected chi connectivity index (χ0v) is 18.4. The van der Waals surface area contributed by atoms with E-state index in [1.165, 1.54) is 0 Å².